The number of ether oxygens (including phenoxy) is 2. The number of hydrogen-bond acceptors (Lipinski definition) is 5. The molecule has 7 heteroatoms. The van der Waals surface area contributed by atoms with E-state index >= 15 is 0 Å². The summed E-state index contributed by atoms with van der Waals surface area (Å²) in [5, 5.41) is 3.90. The van der Waals surface area contributed by atoms with Crippen LogP contribution in [0.2, 0.25) is 5.02 Å². The van der Waals surface area contributed by atoms with Crippen LogP contribution in [0.15, 0.2) is 97.1 Å². The van der Waals surface area contributed by atoms with Gasteiger partial charge in [-0.15, -0.1) is 0 Å². The number of hydrogen-bond donors (Lipinski definition) is 1. The summed E-state index contributed by atoms with van der Waals surface area (Å²) in [7, 11) is 0. The van der Waals surface area contributed by atoms with Crippen LogP contribution < -0.4 is 10.1 Å². The fourth-order valence-electron chi connectivity index (χ4n) is 4.37. The Balaban J connectivity index is 1.35. The molecule has 6 nitrogen and oxygen atoms in total. The lowest BCUT2D eigenvalue weighted by Crippen LogP contribution is -2.21. The first-order chi connectivity index (χ1) is 19.4. The Morgan fingerprint density at radius 1 is 0.875 bits per heavy atom. The highest BCUT2D eigenvalue weighted by Gasteiger charge is 2.21. The summed E-state index contributed by atoms with van der Waals surface area (Å²) in [5.41, 5.74) is 5.68. The van der Waals surface area contributed by atoms with Crippen molar-refractivity contribution in [1.29, 1.82) is 0 Å². The van der Waals surface area contributed by atoms with E-state index in [2.05, 4.69) is 5.32 Å². The number of carbonyl (C=O) groups is 2. The van der Waals surface area contributed by atoms with E-state index in [1.807, 2.05) is 92.7 Å². The SMILES string of the molecule is Cc1ccc(NC(=O)COC(=O)c2c(C)c(-c3ccc(OCc4ccccc4)cc3)nc3ccccc23)cc1Cl. The molecule has 4 aromatic carbocycles. The Labute approximate surface area is 237 Å². The second kappa shape index (κ2) is 12.0. The van der Waals surface area contributed by atoms with Gasteiger partial charge in [0.2, 0.25) is 0 Å². The molecule has 40 heavy (non-hydrogen) atoms. The van der Waals surface area contributed by atoms with E-state index in [0.717, 1.165) is 22.4 Å². The predicted octanol–water partition coefficient (Wildman–Crippen LogP) is 7.55. The van der Waals surface area contributed by atoms with Crippen molar-refractivity contribution in [2.24, 2.45) is 0 Å². The molecule has 0 aliphatic rings. The zero-order chi connectivity index (χ0) is 28.1. The van der Waals surface area contributed by atoms with Crippen LogP contribution in [0.3, 0.4) is 0 Å². The van der Waals surface area contributed by atoms with E-state index in [1.165, 1.54) is 0 Å². The van der Waals surface area contributed by atoms with Gasteiger partial charge in [0, 0.05) is 21.7 Å². The normalized spacial score (nSPS) is 10.8. The standard InChI is InChI=1S/C33H27ClN2O4/c1-21-12-15-25(18-28(21)34)35-30(37)20-40-33(38)31-22(2)32(36-29-11-7-6-10-27(29)31)24-13-16-26(17-14-24)39-19-23-8-4-3-5-9-23/h3-18H,19-20H2,1-2H3,(H,35,37). The molecule has 1 heterocycles. The van der Waals surface area contributed by atoms with Crippen molar-refractivity contribution in [3.63, 3.8) is 0 Å². The van der Waals surface area contributed by atoms with E-state index < -0.39 is 18.5 Å². The van der Waals surface area contributed by atoms with Crippen molar-refractivity contribution in [1.82, 2.24) is 4.98 Å². The molecule has 0 aliphatic heterocycles. The van der Waals surface area contributed by atoms with Gasteiger partial charge in [-0.05, 0) is 73.0 Å². The van der Waals surface area contributed by atoms with Gasteiger partial charge in [-0.25, -0.2) is 9.78 Å². The minimum Gasteiger partial charge on any atom is -0.489 e. The molecule has 0 aliphatic carbocycles. The number of amides is 1. The number of esters is 1. The number of halogens is 1. The third-order valence-corrected chi connectivity index (χ3v) is 6.91. The number of carbonyl (C=O) groups excluding carboxylic acids is 2. The molecule has 0 unspecified atom stereocenters. The van der Waals surface area contributed by atoms with E-state index in [9.17, 15) is 9.59 Å². The molecule has 0 saturated carbocycles. The van der Waals surface area contributed by atoms with Gasteiger partial charge in [-0.2, -0.15) is 0 Å². The van der Waals surface area contributed by atoms with Crippen LogP contribution in [0.25, 0.3) is 22.2 Å². The van der Waals surface area contributed by atoms with E-state index in [4.69, 9.17) is 26.1 Å². The highest BCUT2D eigenvalue weighted by Crippen LogP contribution is 2.31. The van der Waals surface area contributed by atoms with Crippen molar-refractivity contribution in [2.75, 3.05) is 11.9 Å². The molecule has 0 saturated heterocycles. The lowest BCUT2D eigenvalue weighted by molar-refractivity contribution is -0.119. The maximum absolute atomic E-state index is 13.3. The summed E-state index contributed by atoms with van der Waals surface area (Å²) in [5.74, 6) is -0.334. The minimum atomic E-state index is -0.600. The van der Waals surface area contributed by atoms with Crippen molar-refractivity contribution in [3.05, 3.63) is 124 Å². The Hall–Kier alpha value is -4.68. The third-order valence-electron chi connectivity index (χ3n) is 6.51. The maximum Gasteiger partial charge on any atom is 0.339 e. The molecule has 0 radical (unpaired) electrons. The highest BCUT2D eigenvalue weighted by atomic mass is 35.5. The molecule has 0 bridgehead atoms. The van der Waals surface area contributed by atoms with Crippen molar-refractivity contribution < 1.29 is 19.1 Å². The first-order valence-electron chi connectivity index (χ1n) is 12.8. The number of para-hydroxylation sites is 1. The first kappa shape index (κ1) is 26.9. The Morgan fingerprint density at radius 2 is 1.60 bits per heavy atom. The lowest BCUT2D eigenvalue weighted by atomic mass is 9.97. The molecule has 5 rings (SSSR count). The van der Waals surface area contributed by atoms with Gasteiger partial charge in [0.25, 0.3) is 5.91 Å². The van der Waals surface area contributed by atoms with Crippen LogP contribution >= 0.6 is 11.6 Å². The summed E-state index contributed by atoms with van der Waals surface area (Å²) in [6.07, 6.45) is 0. The number of anilines is 1. The van der Waals surface area contributed by atoms with E-state index in [1.54, 1.807) is 18.2 Å². The van der Waals surface area contributed by atoms with Crippen molar-refractivity contribution in [2.45, 2.75) is 20.5 Å². The monoisotopic (exact) mass is 550 g/mol. The zero-order valence-corrected chi connectivity index (χ0v) is 22.9. The zero-order valence-electron chi connectivity index (χ0n) is 22.1. The van der Waals surface area contributed by atoms with Gasteiger partial charge >= 0.3 is 5.97 Å². The largest absolute Gasteiger partial charge is 0.489 e. The molecule has 0 fully saturated rings. The second-order valence-electron chi connectivity index (χ2n) is 9.36. The molecule has 1 amide bonds. The van der Waals surface area contributed by atoms with Crippen LogP contribution in [0.4, 0.5) is 5.69 Å². The minimum absolute atomic E-state index is 0.371. The number of benzene rings is 4. The Bertz CT molecular complexity index is 1690. The molecule has 200 valence electrons. The van der Waals surface area contributed by atoms with Crippen LogP contribution in [0, 0.1) is 13.8 Å². The third kappa shape index (κ3) is 6.14. The van der Waals surface area contributed by atoms with Crippen LogP contribution in [-0.2, 0) is 16.1 Å². The molecular formula is C33H27ClN2O4. The van der Waals surface area contributed by atoms with Gasteiger partial charge in [0.15, 0.2) is 6.61 Å². The first-order valence-corrected chi connectivity index (χ1v) is 13.2. The van der Waals surface area contributed by atoms with Gasteiger partial charge in [-0.1, -0.05) is 66.2 Å². The number of pyridine rings is 1. The summed E-state index contributed by atoms with van der Waals surface area (Å²) in [6, 6.07) is 30.1. The summed E-state index contributed by atoms with van der Waals surface area (Å²) in [6.45, 7) is 3.73. The molecule has 1 N–H and O–H groups in total. The molecule has 1 aromatic heterocycles. The van der Waals surface area contributed by atoms with Crippen LogP contribution in [0.5, 0.6) is 5.75 Å². The van der Waals surface area contributed by atoms with E-state index in [0.29, 0.717) is 45.0 Å². The average Bonchev–Trinajstić information content (AvgIpc) is 2.97. The second-order valence-corrected chi connectivity index (χ2v) is 9.77. The fraction of sp³-hybridized carbons (Fsp3) is 0.121. The lowest BCUT2D eigenvalue weighted by Gasteiger charge is -2.15. The van der Waals surface area contributed by atoms with Gasteiger partial charge in [0.05, 0.1) is 16.8 Å². The number of aryl methyl sites for hydroxylation is 1. The number of fused-ring (bicyclic) bond motifs is 1. The fourth-order valence-corrected chi connectivity index (χ4v) is 4.55. The molecule has 0 spiro atoms. The number of aromatic nitrogens is 1. The smallest absolute Gasteiger partial charge is 0.339 e. The quantitative estimate of drug-likeness (QED) is 0.202. The topological polar surface area (TPSA) is 77.5 Å². The number of nitrogens with one attached hydrogen (secondary N) is 1. The van der Waals surface area contributed by atoms with Gasteiger partial charge in [-0.3, -0.25) is 4.79 Å². The number of rotatable bonds is 8. The summed E-state index contributed by atoms with van der Waals surface area (Å²) >= 11 is 6.14. The predicted molar refractivity (Wildman–Crippen MR) is 158 cm³/mol. The number of nitrogens with zero attached hydrogens (tertiary/aromatic N) is 1. The van der Waals surface area contributed by atoms with Gasteiger partial charge in [0.1, 0.15) is 12.4 Å². The van der Waals surface area contributed by atoms with E-state index in [-0.39, 0.29) is 0 Å². The Kier molecular flexibility index (Phi) is 8.08. The molecule has 0 atom stereocenters. The average molecular weight is 551 g/mol. The Morgan fingerprint density at radius 3 is 2.35 bits per heavy atom. The maximum atomic E-state index is 13.3. The van der Waals surface area contributed by atoms with Gasteiger partial charge < -0.3 is 14.8 Å². The van der Waals surface area contributed by atoms with Crippen LogP contribution in [-0.4, -0.2) is 23.5 Å². The molecular weight excluding hydrogens is 524 g/mol. The van der Waals surface area contributed by atoms with Crippen molar-refractivity contribution in [3.8, 4) is 17.0 Å². The highest BCUT2D eigenvalue weighted by molar-refractivity contribution is 6.31. The summed E-state index contributed by atoms with van der Waals surface area (Å²) in [4.78, 5) is 30.7. The summed E-state index contributed by atoms with van der Waals surface area (Å²) < 4.78 is 11.4. The molecule has 5 aromatic rings. The van der Waals surface area contributed by atoms with Crippen LogP contribution in [0.1, 0.15) is 27.0 Å². The van der Waals surface area contributed by atoms with Crippen molar-refractivity contribution >= 4 is 40.1 Å².